The topological polar surface area (TPSA) is 66.0 Å². The number of nitrogens with two attached hydrogens (primary N) is 1. The molecule has 0 bridgehead atoms. The van der Waals surface area contributed by atoms with E-state index in [4.69, 9.17) is 10.5 Å². The molecule has 5 heteroatoms. The fourth-order valence-corrected chi connectivity index (χ4v) is 1.57. The molecule has 1 aliphatic carbocycles. The fourth-order valence-electron chi connectivity index (χ4n) is 1.57. The van der Waals surface area contributed by atoms with E-state index < -0.39 is 0 Å². The van der Waals surface area contributed by atoms with Gasteiger partial charge in [0.05, 0.1) is 24.0 Å². The number of methoxy groups -OCH3 is 1. The number of ether oxygens (including phenoxy) is 1. The van der Waals surface area contributed by atoms with Crippen molar-refractivity contribution in [1.82, 2.24) is 15.0 Å². The van der Waals surface area contributed by atoms with Crippen LogP contribution in [-0.4, -0.2) is 28.7 Å². The highest BCUT2D eigenvalue weighted by Crippen LogP contribution is 2.35. The first-order valence-electron chi connectivity index (χ1n) is 4.98. The van der Waals surface area contributed by atoms with Crippen LogP contribution in [0.3, 0.4) is 0 Å². The average Bonchev–Trinajstić information content (AvgIpc) is 2.96. The third-order valence-corrected chi connectivity index (χ3v) is 2.50. The molecule has 0 aromatic carbocycles. The summed E-state index contributed by atoms with van der Waals surface area (Å²) in [6.07, 6.45) is 3.28. The Kier molecular flexibility index (Phi) is 2.79. The molecule has 0 saturated heterocycles. The van der Waals surface area contributed by atoms with Gasteiger partial charge in [0.2, 0.25) is 0 Å². The molecule has 1 aliphatic rings. The van der Waals surface area contributed by atoms with Gasteiger partial charge in [0.25, 0.3) is 0 Å². The summed E-state index contributed by atoms with van der Waals surface area (Å²) in [4.78, 5) is 0. The van der Waals surface area contributed by atoms with Gasteiger partial charge >= 0.3 is 0 Å². The molecule has 1 saturated carbocycles. The highest BCUT2D eigenvalue weighted by atomic mass is 16.5. The van der Waals surface area contributed by atoms with Crippen molar-refractivity contribution in [1.29, 1.82) is 0 Å². The second-order valence-corrected chi connectivity index (χ2v) is 3.61. The molecular weight excluding hydrogens is 180 g/mol. The number of nitrogens with zero attached hydrogens (tertiary/aromatic N) is 3. The van der Waals surface area contributed by atoms with E-state index in [9.17, 15) is 0 Å². The van der Waals surface area contributed by atoms with Gasteiger partial charge in [0, 0.05) is 20.1 Å². The van der Waals surface area contributed by atoms with E-state index in [-0.39, 0.29) is 0 Å². The molecule has 0 unspecified atom stereocenters. The first-order chi connectivity index (χ1) is 6.86. The summed E-state index contributed by atoms with van der Waals surface area (Å²) in [5.41, 5.74) is 7.66. The second kappa shape index (κ2) is 4.06. The quantitative estimate of drug-likeness (QED) is 0.733. The minimum atomic E-state index is 0.464. The Labute approximate surface area is 83.2 Å². The Bertz CT molecular complexity index is 306. The zero-order valence-electron chi connectivity index (χ0n) is 8.44. The Morgan fingerprint density at radius 1 is 1.57 bits per heavy atom. The molecule has 0 spiro atoms. The summed E-state index contributed by atoms with van der Waals surface area (Å²) in [5, 5.41) is 8.21. The smallest absolute Gasteiger partial charge is 0.0995 e. The lowest BCUT2D eigenvalue weighted by Gasteiger charge is -2.05. The van der Waals surface area contributed by atoms with Crippen LogP contribution in [0.1, 0.15) is 30.3 Å². The van der Waals surface area contributed by atoms with E-state index >= 15 is 0 Å². The summed E-state index contributed by atoms with van der Waals surface area (Å²) < 4.78 is 7.08. The maximum Gasteiger partial charge on any atom is 0.0995 e. The largest absolute Gasteiger partial charge is 0.384 e. The zero-order valence-corrected chi connectivity index (χ0v) is 8.44. The Balaban J connectivity index is 2.17. The van der Waals surface area contributed by atoms with Crippen LogP contribution in [0.15, 0.2) is 0 Å². The first-order valence-corrected chi connectivity index (χ1v) is 4.98. The summed E-state index contributed by atoms with van der Waals surface area (Å²) in [5.74, 6) is 0. The van der Waals surface area contributed by atoms with Crippen LogP contribution in [0, 0.1) is 0 Å². The van der Waals surface area contributed by atoms with Gasteiger partial charge < -0.3 is 10.5 Å². The molecular formula is C9H16N4O. The molecule has 0 aliphatic heterocycles. The van der Waals surface area contributed by atoms with Crippen molar-refractivity contribution >= 4 is 0 Å². The van der Waals surface area contributed by atoms with Crippen LogP contribution in [0.4, 0.5) is 0 Å². The number of hydrogen-bond acceptors (Lipinski definition) is 4. The second-order valence-electron chi connectivity index (χ2n) is 3.61. The fraction of sp³-hybridized carbons (Fsp3) is 0.778. The van der Waals surface area contributed by atoms with Gasteiger partial charge in [-0.2, -0.15) is 0 Å². The van der Waals surface area contributed by atoms with Crippen LogP contribution >= 0.6 is 0 Å². The molecule has 14 heavy (non-hydrogen) atoms. The van der Waals surface area contributed by atoms with Crippen molar-refractivity contribution in [3.63, 3.8) is 0 Å². The molecule has 1 fully saturated rings. The van der Waals surface area contributed by atoms with Gasteiger partial charge in [-0.1, -0.05) is 5.21 Å². The third-order valence-electron chi connectivity index (χ3n) is 2.50. The van der Waals surface area contributed by atoms with Crippen LogP contribution in [0.2, 0.25) is 0 Å². The number of aromatic nitrogens is 3. The van der Waals surface area contributed by atoms with E-state index in [0.717, 1.165) is 17.8 Å². The van der Waals surface area contributed by atoms with Crippen LogP contribution in [-0.2, 0) is 17.7 Å². The number of hydrogen-bond donors (Lipinski definition) is 1. The van der Waals surface area contributed by atoms with Crippen LogP contribution < -0.4 is 5.73 Å². The summed E-state index contributed by atoms with van der Waals surface area (Å²) in [6.45, 7) is 1.17. The lowest BCUT2D eigenvalue weighted by atomic mass is 10.2. The monoisotopic (exact) mass is 196 g/mol. The summed E-state index contributed by atoms with van der Waals surface area (Å²) in [7, 11) is 1.70. The van der Waals surface area contributed by atoms with Gasteiger partial charge in [-0.05, 0) is 12.8 Å². The van der Waals surface area contributed by atoms with E-state index in [1.807, 2.05) is 4.68 Å². The zero-order chi connectivity index (χ0) is 9.97. The van der Waals surface area contributed by atoms with E-state index in [0.29, 0.717) is 19.2 Å². The van der Waals surface area contributed by atoms with Crippen molar-refractivity contribution in [2.24, 2.45) is 5.73 Å². The lowest BCUT2D eigenvalue weighted by Crippen LogP contribution is -2.09. The van der Waals surface area contributed by atoms with Gasteiger partial charge in [-0.3, -0.25) is 0 Å². The lowest BCUT2D eigenvalue weighted by molar-refractivity contribution is 0.200. The van der Waals surface area contributed by atoms with Crippen molar-refractivity contribution in [3.8, 4) is 0 Å². The molecule has 0 radical (unpaired) electrons. The predicted octanol–water partition coefficient (Wildman–Crippen LogP) is 0.261. The highest BCUT2D eigenvalue weighted by molar-refractivity contribution is 5.12. The van der Waals surface area contributed by atoms with Gasteiger partial charge in [-0.15, -0.1) is 5.10 Å². The number of rotatable bonds is 5. The molecule has 0 atom stereocenters. The molecule has 1 heterocycles. The molecule has 2 N–H and O–H groups in total. The molecule has 78 valence electrons. The minimum absolute atomic E-state index is 0.464. The standard InChI is InChI=1S/C9H16N4O/c1-14-5-4-9-8(6-10)11-12-13(9)7-2-3-7/h7H,2-6,10H2,1H3. The molecule has 0 amide bonds. The summed E-state index contributed by atoms with van der Waals surface area (Å²) in [6, 6.07) is 0.564. The van der Waals surface area contributed by atoms with Gasteiger partial charge in [0.1, 0.15) is 0 Å². The maximum absolute atomic E-state index is 5.60. The Hall–Kier alpha value is -0.940. The van der Waals surface area contributed by atoms with Crippen molar-refractivity contribution < 1.29 is 4.74 Å². The molecule has 5 nitrogen and oxygen atoms in total. The highest BCUT2D eigenvalue weighted by Gasteiger charge is 2.28. The predicted molar refractivity (Wildman–Crippen MR) is 51.8 cm³/mol. The van der Waals surface area contributed by atoms with E-state index in [2.05, 4.69) is 10.3 Å². The minimum Gasteiger partial charge on any atom is -0.384 e. The third kappa shape index (κ3) is 1.78. The normalized spacial score (nSPS) is 16.1. The molecule has 1 aromatic heterocycles. The van der Waals surface area contributed by atoms with Crippen LogP contribution in [0.5, 0.6) is 0 Å². The average molecular weight is 196 g/mol. The Morgan fingerprint density at radius 3 is 2.93 bits per heavy atom. The van der Waals surface area contributed by atoms with Crippen molar-refractivity contribution in [3.05, 3.63) is 11.4 Å². The van der Waals surface area contributed by atoms with Crippen LogP contribution in [0.25, 0.3) is 0 Å². The van der Waals surface area contributed by atoms with Crippen molar-refractivity contribution in [2.45, 2.75) is 31.8 Å². The molecule has 2 rings (SSSR count). The Morgan fingerprint density at radius 2 is 2.36 bits per heavy atom. The summed E-state index contributed by atoms with van der Waals surface area (Å²) >= 11 is 0. The SMILES string of the molecule is COCCc1c(CN)nnn1C1CC1. The van der Waals surface area contributed by atoms with Gasteiger partial charge in [-0.25, -0.2) is 4.68 Å². The van der Waals surface area contributed by atoms with Crippen molar-refractivity contribution in [2.75, 3.05) is 13.7 Å². The molecule has 1 aromatic rings. The van der Waals surface area contributed by atoms with E-state index in [1.165, 1.54) is 12.8 Å². The maximum atomic E-state index is 5.60. The first kappa shape index (κ1) is 9.61. The van der Waals surface area contributed by atoms with E-state index in [1.54, 1.807) is 7.11 Å². The van der Waals surface area contributed by atoms with Gasteiger partial charge in [0.15, 0.2) is 0 Å².